The highest BCUT2D eigenvalue weighted by Gasteiger charge is 2.21. The van der Waals surface area contributed by atoms with Crippen LogP contribution in [0.1, 0.15) is 101 Å². The molecule has 0 aliphatic heterocycles. The second-order valence-electron chi connectivity index (χ2n) is 10.1. The number of carboxylic acids is 1. The van der Waals surface area contributed by atoms with E-state index >= 15 is 0 Å². The van der Waals surface area contributed by atoms with E-state index in [1.807, 2.05) is 30.3 Å². The third kappa shape index (κ3) is 12.7. The minimum Gasteiger partial charge on any atom is -0.481 e. The monoisotopic (exact) mass is 504 g/mol. The lowest BCUT2D eigenvalue weighted by atomic mass is 9.86. The second-order valence-corrected chi connectivity index (χ2v) is 10.1. The van der Waals surface area contributed by atoms with Crippen molar-refractivity contribution in [2.24, 2.45) is 5.92 Å². The molecule has 2 aliphatic rings. The molecule has 1 N–H and O–H groups in total. The van der Waals surface area contributed by atoms with Crippen molar-refractivity contribution in [2.45, 2.75) is 95.8 Å². The van der Waals surface area contributed by atoms with Gasteiger partial charge in [-0.2, -0.15) is 0 Å². The molecule has 1 aromatic carbocycles. The highest BCUT2D eigenvalue weighted by molar-refractivity contribution is 6.18. The third-order valence-corrected chi connectivity index (χ3v) is 7.04. The topological polar surface area (TPSA) is 71.4 Å². The van der Waals surface area contributed by atoms with E-state index in [0.717, 1.165) is 24.3 Å². The van der Waals surface area contributed by atoms with E-state index in [-0.39, 0.29) is 17.5 Å². The summed E-state index contributed by atoms with van der Waals surface area (Å²) in [5, 5.41) is 8.52. The van der Waals surface area contributed by atoms with E-state index < -0.39 is 5.97 Å². The van der Waals surface area contributed by atoms with Crippen LogP contribution in [0.4, 0.5) is 0 Å². The Morgan fingerprint density at radius 1 is 0.919 bits per heavy atom. The Morgan fingerprint density at radius 2 is 1.54 bits per heavy atom. The van der Waals surface area contributed by atoms with Crippen LogP contribution in [0.25, 0.3) is 0 Å². The summed E-state index contributed by atoms with van der Waals surface area (Å²) in [5.74, 6) is -0.266. The van der Waals surface area contributed by atoms with Crippen LogP contribution >= 0.6 is 0 Å². The smallest absolute Gasteiger partial charge is 0.303 e. The Hall–Kier alpha value is -3.01. The molecule has 4 nitrogen and oxygen atoms in total. The van der Waals surface area contributed by atoms with Gasteiger partial charge >= 0.3 is 5.97 Å². The number of hydrogen-bond donors (Lipinski definition) is 1. The number of unbranched alkanes of at least 4 members (excludes halogenated alkanes) is 9. The Balaban J connectivity index is 0.000000263. The van der Waals surface area contributed by atoms with Crippen LogP contribution in [-0.2, 0) is 14.4 Å². The number of carboxylic acid groups (broad SMARTS) is 1. The van der Waals surface area contributed by atoms with Crippen molar-refractivity contribution in [1.29, 1.82) is 0 Å². The molecule has 0 aromatic heterocycles. The van der Waals surface area contributed by atoms with E-state index in [9.17, 15) is 14.4 Å². The fraction of sp³-hybridized carbons (Fsp3) is 0.485. The van der Waals surface area contributed by atoms with Gasteiger partial charge in [0, 0.05) is 17.9 Å². The van der Waals surface area contributed by atoms with Gasteiger partial charge < -0.3 is 5.11 Å². The fourth-order valence-corrected chi connectivity index (χ4v) is 4.91. The molecule has 2 aliphatic carbocycles. The number of rotatable bonds is 16. The van der Waals surface area contributed by atoms with E-state index in [4.69, 9.17) is 5.11 Å². The number of carbonyl (C=O) groups is 3. The van der Waals surface area contributed by atoms with Gasteiger partial charge in [-0.1, -0.05) is 106 Å². The second kappa shape index (κ2) is 18.3. The summed E-state index contributed by atoms with van der Waals surface area (Å²) >= 11 is 0. The highest BCUT2D eigenvalue weighted by Crippen LogP contribution is 2.28. The number of benzene rings is 1. The summed E-state index contributed by atoms with van der Waals surface area (Å²) < 4.78 is 0. The van der Waals surface area contributed by atoms with Crippen LogP contribution < -0.4 is 0 Å². The Labute approximate surface area is 223 Å². The van der Waals surface area contributed by atoms with Crippen LogP contribution in [0.2, 0.25) is 0 Å². The first-order valence-corrected chi connectivity index (χ1v) is 14.0. The van der Waals surface area contributed by atoms with Crippen LogP contribution in [0.3, 0.4) is 0 Å². The first-order chi connectivity index (χ1) is 18.0. The molecule has 2 atom stereocenters. The molecule has 0 amide bonds. The first kappa shape index (κ1) is 30.2. The van der Waals surface area contributed by atoms with Crippen LogP contribution in [0.15, 0.2) is 78.9 Å². The summed E-state index contributed by atoms with van der Waals surface area (Å²) in [6.07, 6.45) is 27.6. The summed E-state index contributed by atoms with van der Waals surface area (Å²) in [7, 11) is 0. The first-order valence-electron chi connectivity index (χ1n) is 14.0. The van der Waals surface area contributed by atoms with E-state index in [2.05, 4.69) is 18.7 Å². The summed E-state index contributed by atoms with van der Waals surface area (Å²) in [4.78, 5) is 33.4. The van der Waals surface area contributed by atoms with Crippen LogP contribution in [0, 0.1) is 5.92 Å². The van der Waals surface area contributed by atoms with Gasteiger partial charge in [-0.25, -0.2) is 0 Å². The van der Waals surface area contributed by atoms with E-state index in [1.54, 1.807) is 6.08 Å². The molecule has 0 radical (unpaired) electrons. The van der Waals surface area contributed by atoms with E-state index in [0.29, 0.717) is 12.0 Å². The van der Waals surface area contributed by atoms with Gasteiger partial charge in [-0.05, 0) is 55.4 Å². The lowest BCUT2D eigenvalue weighted by Gasteiger charge is -2.16. The molecule has 0 fully saturated rings. The van der Waals surface area contributed by atoms with E-state index in [1.165, 1.54) is 88.9 Å². The lowest BCUT2D eigenvalue weighted by molar-refractivity contribution is -0.137. The highest BCUT2D eigenvalue weighted by atomic mass is 16.4. The normalized spacial score (nSPS) is 17.2. The zero-order chi connectivity index (χ0) is 26.7. The predicted octanol–water partition coefficient (Wildman–Crippen LogP) is 8.31. The Morgan fingerprint density at radius 3 is 2.11 bits per heavy atom. The zero-order valence-corrected chi connectivity index (χ0v) is 22.3. The van der Waals surface area contributed by atoms with Gasteiger partial charge in [0.05, 0.1) is 0 Å². The zero-order valence-electron chi connectivity index (χ0n) is 22.3. The quantitative estimate of drug-likeness (QED) is 0.140. The molecule has 200 valence electrons. The maximum atomic E-state index is 11.8. The molecule has 0 bridgehead atoms. The minimum atomic E-state index is -0.655. The van der Waals surface area contributed by atoms with Crippen molar-refractivity contribution < 1.29 is 19.5 Å². The Kier molecular flexibility index (Phi) is 14.9. The molecule has 0 heterocycles. The Bertz CT molecular complexity index is 938. The number of ketones is 2. The van der Waals surface area contributed by atoms with Crippen LogP contribution in [-0.4, -0.2) is 22.6 Å². The molecule has 37 heavy (non-hydrogen) atoms. The molecular weight excluding hydrogens is 460 g/mol. The number of hydrogen-bond acceptors (Lipinski definition) is 3. The summed E-state index contributed by atoms with van der Waals surface area (Å²) in [6.45, 7) is 3.74. The molecule has 0 saturated heterocycles. The molecule has 0 spiro atoms. The minimum absolute atomic E-state index is 0.127. The van der Waals surface area contributed by atoms with Gasteiger partial charge in [0.25, 0.3) is 0 Å². The largest absolute Gasteiger partial charge is 0.481 e. The molecular formula is C33H44O4. The van der Waals surface area contributed by atoms with Gasteiger partial charge in [0.2, 0.25) is 0 Å². The lowest BCUT2D eigenvalue weighted by Crippen LogP contribution is -2.13. The van der Waals surface area contributed by atoms with Gasteiger partial charge in [-0.15, -0.1) is 6.58 Å². The van der Waals surface area contributed by atoms with Crippen molar-refractivity contribution >= 4 is 17.5 Å². The average Bonchev–Trinajstić information content (AvgIpc) is 3.42. The van der Waals surface area contributed by atoms with Crippen molar-refractivity contribution in [1.82, 2.24) is 0 Å². The predicted molar refractivity (Wildman–Crippen MR) is 152 cm³/mol. The maximum Gasteiger partial charge on any atom is 0.303 e. The maximum absolute atomic E-state index is 11.8. The standard InChI is InChI=1S/C18H32O2.C15H12O2/c19-18(20)16-10-8-6-4-2-1-3-5-7-9-13-17-14-11-12-15-17;1-2-13(11-6-4-3-5-7-11)14-10-12(16)8-9-15(14)17/h11,14,17H,1-10,12-13,15-16H2,(H,19,20);2-10,13H,1H2. The fourth-order valence-electron chi connectivity index (χ4n) is 4.91. The number of carbonyl (C=O) groups excluding carboxylic acids is 2. The molecule has 0 saturated carbocycles. The van der Waals surface area contributed by atoms with Gasteiger partial charge in [-0.3, -0.25) is 14.4 Å². The number of aliphatic carboxylic acids is 1. The molecule has 1 aromatic rings. The molecule has 3 rings (SSSR count). The van der Waals surface area contributed by atoms with Crippen molar-refractivity contribution in [3.8, 4) is 0 Å². The van der Waals surface area contributed by atoms with Crippen molar-refractivity contribution in [3.63, 3.8) is 0 Å². The summed E-state index contributed by atoms with van der Waals surface area (Å²) in [5.41, 5.74) is 1.45. The summed E-state index contributed by atoms with van der Waals surface area (Å²) in [6, 6.07) is 9.55. The third-order valence-electron chi connectivity index (χ3n) is 7.04. The van der Waals surface area contributed by atoms with Crippen molar-refractivity contribution in [2.75, 3.05) is 0 Å². The number of allylic oxidation sites excluding steroid dienone is 7. The molecule has 2 unspecified atom stereocenters. The average molecular weight is 505 g/mol. The SMILES string of the molecule is C=CC(C1=CC(=O)C=CC1=O)c1ccccc1.O=C(O)CCCCCCCCCCCCC1C=CCC1. The van der Waals surface area contributed by atoms with Gasteiger partial charge in [0.1, 0.15) is 0 Å². The van der Waals surface area contributed by atoms with Crippen LogP contribution in [0.5, 0.6) is 0 Å². The van der Waals surface area contributed by atoms with Gasteiger partial charge in [0.15, 0.2) is 11.6 Å². The molecule has 4 heteroatoms. The van der Waals surface area contributed by atoms with Crippen molar-refractivity contribution in [3.05, 3.63) is 84.5 Å².